The lowest BCUT2D eigenvalue weighted by Crippen LogP contribution is -2.15. The van der Waals surface area contributed by atoms with Gasteiger partial charge in [-0.3, -0.25) is 14.4 Å². The molecule has 0 bridgehead atoms. The van der Waals surface area contributed by atoms with Crippen molar-refractivity contribution in [2.45, 2.75) is 6.42 Å². The number of hydrogen-bond acceptors (Lipinski definition) is 3. The first kappa shape index (κ1) is 13.4. The fourth-order valence-corrected chi connectivity index (χ4v) is 2.34. The van der Waals surface area contributed by atoms with E-state index in [1.165, 1.54) is 18.3 Å². The van der Waals surface area contributed by atoms with E-state index in [1.54, 1.807) is 12.1 Å². The SMILES string of the molecule is O=C1Cc2cc(NC(=O)c3cc[nH]c(=O)c3)c(Cl)cc2N1. The highest BCUT2D eigenvalue weighted by molar-refractivity contribution is 6.34. The number of pyridine rings is 1. The standard InChI is InChI=1S/C14H10ClN3O3/c15-9-6-10-8(5-13(20)17-10)3-11(9)18-14(21)7-1-2-16-12(19)4-7/h1-4,6H,5H2,(H,16,19)(H,17,20)(H,18,21). The van der Waals surface area contributed by atoms with Gasteiger partial charge >= 0.3 is 0 Å². The molecule has 0 saturated carbocycles. The molecule has 1 aromatic carbocycles. The average molecular weight is 304 g/mol. The van der Waals surface area contributed by atoms with Gasteiger partial charge in [0, 0.05) is 23.5 Å². The highest BCUT2D eigenvalue weighted by Crippen LogP contribution is 2.32. The number of aromatic amines is 1. The number of halogens is 1. The van der Waals surface area contributed by atoms with Gasteiger partial charge in [0.1, 0.15) is 0 Å². The van der Waals surface area contributed by atoms with Crippen LogP contribution in [0.2, 0.25) is 5.02 Å². The van der Waals surface area contributed by atoms with E-state index < -0.39 is 5.91 Å². The second kappa shape index (κ2) is 5.06. The van der Waals surface area contributed by atoms with Gasteiger partial charge < -0.3 is 15.6 Å². The maximum absolute atomic E-state index is 12.1. The van der Waals surface area contributed by atoms with E-state index in [-0.39, 0.29) is 23.5 Å². The Kier molecular flexibility index (Phi) is 3.23. The third kappa shape index (κ3) is 2.66. The number of aromatic nitrogens is 1. The summed E-state index contributed by atoms with van der Waals surface area (Å²) in [6.07, 6.45) is 1.64. The van der Waals surface area contributed by atoms with E-state index >= 15 is 0 Å². The predicted octanol–water partition coefficient (Wildman–Crippen LogP) is 1.78. The van der Waals surface area contributed by atoms with Crippen molar-refractivity contribution in [2.75, 3.05) is 10.6 Å². The number of hydrogen-bond donors (Lipinski definition) is 3. The Balaban J connectivity index is 1.89. The first-order chi connectivity index (χ1) is 10.0. The zero-order valence-electron chi connectivity index (χ0n) is 10.7. The number of carbonyl (C=O) groups excluding carboxylic acids is 2. The third-order valence-corrected chi connectivity index (χ3v) is 3.42. The van der Waals surface area contributed by atoms with Crippen LogP contribution in [-0.2, 0) is 11.2 Å². The first-order valence-electron chi connectivity index (χ1n) is 6.15. The van der Waals surface area contributed by atoms with Crippen molar-refractivity contribution >= 4 is 34.8 Å². The van der Waals surface area contributed by atoms with E-state index in [0.717, 1.165) is 5.56 Å². The molecule has 1 aromatic heterocycles. The van der Waals surface area contributed by atoms with Gasteiger partial charge in [0.05, 0.1) is 17.1 Å². The Labute approximate surface area is 124 Å². The molecule has 0 saturated heterocycles. The van der Waals surface area contributed by atoms with Crippen molar-refractivity contribution < 1.29 is 9.59 Å². The summed E-state index contributed by atoms with van der Waals surface area (Å²) in [5, 5.41) is 5.63. The molecule has 21 heavy (non-hydrogen) atoms. The van der Waals surface area contributed by atoms with Crippen molar-refractivity contribution in [3.8, 4) is 0 Å². The van der Waals surface area contributed by atoms with Crippen LogP contribution in [0.4, 0.5) is 11.4 Å². The second-order valence-electron chi connectivity index (χ2n) is 4.61. The van der Waals surface area contributed by atoms with Gasteiger partial charge in [0.15, 0.2) is 0 Å². The second-order valence-corrected chi connectivity index (χ2v) is 5.02. The van der Waals surface area contributed by atoms with Crippen LogP contribution < -0.4 is 16.2 Å². The lowest BCUT2D eigenvalue weighted by Gasteiger charge is -2.09. The van der Waals surface area contributed by atoms with E-state index in [1.807, 2.05) is 0 Å². The summed E-state index contributed by atoms with van der Waals surface area (Å²) >= 11 is 6.08. The summed E-state index contributed by atoms with van der Waals surface area (Å²) < 4.78 is 0. The normalized spacial score (nSPS) is 12.7. The number of rotatable bonds is 2. The van der Waals surface area contributed by atoms with Crippen molar-refractivity contribution in [2.24, 2.45) is 0 Å². The van der Waals surface area contributed by atoms with Gasteiger partial charge in [-0.05, 0) is 23.8 Å². The molecule has 0 spiro atoms. The summed E-state index contributed by atoms with van der Waals surface area (Å²) in [7, 11) is 0. The summed E-state index contributed by atoms with van der Waals surface area (Å²) in [4.78, 5) is 37.0. The Morgan fingerprint density at radius 1 is 1.24 bits per heavy atom. The Hall–Kier alpha value is -2.60. The van der Waals surface area contributed by atoms with Crippen molar-refractivity contribution in [1.82, 2.24) is 4.98 Å². The van der Waals surface area contributed by atoms with Crippen molar-refractivity contribution in [3.05, 3.63) is 57.0 Å². The third-order valence-electron chi connectivity index (χ3n) is 3.10. The molecule has 106 valence electrons. The van der Waals surface area contributed by atoms with E-state index in [0.29, 0.717) is 16.4 Å². The Morgan fingerprint density at radius 3 is 2.81 bits per heavy atom. The lowest BCUT2D eigenvalue weighted by atomic mass is 10.1. The van der Waals surface area contributed by atoms with Gasteiger partial charge in [-0.2, -0.15) is 0 Å². The summed E-state index contributed by atoms with van der Waals surface area (Å²) in [6, 6.07) is 5.93. The average Bonchev–Trinajstić information content (AvgIpc) is 2.78. The first-order valence-corrected chi connectivity index (χ1v) is 6.53. The summed E-state index contributed by atoms with van der Waals surface area (Å²) in [5.41, 5.74) is 1.68. The number of amides is 2. The van der Waals surface area contributed by atoms with Crippen LogP contribution in [0, 0.1) is 0 Å². The number of carbonyl (C=O) groups is 2. The summed E-state index contributed by atoms with van der Waals surface area (Å²) in [5.74, 6) is -0.556. The van der Waals surface area contributed by atoms with E-state index in [9.17, 15) is 14.4 Å². The maximum atomic E-state index is 12.1. The minimum atomic E-state index is -0.444. The molecule has 0 atom stereocenters. The molecule has 1 aliphatic rings. The van der Waals surface area contributed by atoms with Gasteiger partial charge in [-0.15, -0.1) is 0 Å². The molecule has 2 aromatic rings. The number of nitrogens with one attached hydrogen (secondary N) is 3. The zero-order valence-corrected chi connectivity index (χ0v) is 11.5. The minimum absolute atomic E-state index is 0.112. The quantitative estimate of drug-likeness (QED) is 0.789. The maximum Gasteiger partial charge on any atom is 0.255 e. The molecule has 0 unspecified atom stereocenters. The fourth-order valence-electron chi connectivity index (χ4n) is 2.12. The van der Waals surface area contributed by atoms with Gasteiger partial charge in [0.2, 0.25) is 11.5 Å². The molecule has 0 fully saturated rings. The van der Waals surface area contributed by atoms with E-state index in [4.69, 9.17) is 11.6 Å². The molecule has 7 heteroatoms. The molecule has 3 rings (SSSR count). The highest BCUT2D eigenvalue weighted by Gasteiger charge is 2.20. The van der Waals surface area contributed by atoms with Crippen LogP contribution >= 0.6 is 11.6 Å². The van der Waals surface area contributed by atoms with Crippen LogP contribution in [-0.4, -0.2) is 16.8 Å². The molecular weight excluding hydrogens is 294 g/mol. The predicted molar refractivity (Wildman–Crippen MR) is 78.8 cm³/mol. The van der Waals surface area contributed by atoms with Crippen LogP contribution in [0.25, 0.3) is 0 Å². The number of anilines is 2. The van der Waals surface area contributed by atoms with E-state index in [2.05, 4.69) is 15.6 Å². The molecule has 0 aliphatic carbocycles. The Bertz CT molecular complexity index is 813. The Morgan fingerprint density at radius 2 is 2.05 bits per heavy atom. The largest absolute Gasteiger partial charge is 0.329 e. The molecule has 3 N–H and O–H groups in total. The highest BCUT2D eigenvalue weighted by atomic mass is 35.5. The molecule has 6 nitrogen and oxygen atoms in total. The minimum Gasteiger partial charge on any atom is -0.329 e. The van der Waals surface area contributed by atoms with Crippen molar-refractivity contribution in [3.63, 3.8) is 0 Å². The van der Waals surface area contributed by atoms with Crippen LogP contribution in [0.15, 0.2) is 35.3 Å². The van der Waals surface area contributed by atoms with Crippen LogP contribution in [0.5, 0.6) is 0 Å². The molecule has 2 amide bonds. The number of fused-ring (bicyclic) bond motifs is 1. The number of H-pyrrole nitrogens is 1. The van der Waals surface area contributed by atoms with Crippen LogP contribution in [0.3, 0.4) is 0 Å². The topological polar surface area (TPSA) is 91.1 Å². The summed E-state index contributed by atoms with van der Waals surface area (Å²) in [6.45, 7) is 0. The zero-order chi connectivity index (χ0) is 15.0. The van der Waals surface area contributed by atoms with Crippen LogP contribution in [0.1, 0.15) is 15.9 Å². The molecule has 2 heterocycles. The molecule has 0 radical (unpaired) electrons. The number of benzene rings is 1. The molecule has 1 aliphatic heterocycles. The van der Waals surface area contributed by atoms with Gasteiger partial charge in [0.25, 0.3) is 5.91 Å². The lowest BCUT2D eigenvalue weighted by molar-refractivity contribution is -0.115. The molecular formula is C14H10ClN3O3. The monoisotopic (exact) mass is 303 g/mol. The van der Waals surface area contributed by atoms with Gasteiger partial charge in [-0.1, -0.05) is 11.6 Å². The smallest absolute Gasteiger partial charge is 0.255 e. The fraction of sp³-hybridized carbons (Fsp3) is 0.0714. The van der Waals surface area contributed by atoms with Crippen molar-refractivity contribution in [1.29, 1.82) is 0 Å². The van der Waals surface area contributed by atoms with Gasteiger partial charge in [-0.25, -0.2) is 0 Å².